The maximum absolute atomic E-state index is 12.7. The third kappa shape index (κ3) is 5.31. The van der Waals surface area contributed by atoms with Gasteiger partial charge in [0.25, 0.3) is 0 Å². The summed E-state index contributed by atoms with van der Waals surface area (Å²) in [7, 11) is 1.65. The normalized spacial score (nSPS) is 10.8. The lowest BCUT2D eigenvalue weighted by atomic mass is 10.1. The molecule has 1 heterocycles. The number of carbonyl (C=O) groups excluding carboxylic acids is 1. The Morgan fingerprint density at radius 2 is 1.59 bits per heavy atom. The molecule has 32 heavy (non-hydrogen) atoms. The molecule has 0 saturated heterocycles. The van der Waals surface area contributed by atoms with E-state index in [1.165, 1.54) is 5.56 Å². The van der Waals surface area contributed by atoms with Crippen LogP contribution in [0.2, 0.25) is 0 Å². The van der Waals surface area contributed by atoms with Gasteiger partial charge in [0.2, 0.25) is 11.8 Å². The molecular weight excluding hydrogens is 402 g/mol. The van der Waals surface area contributed by atoms with Crippen LogP contribution < -0.4 is 9.47 Å². The van der Waals surface area contributed by atoms with Crippen molar-refractivity contribution in [2.45, 2.75) is 47.0 Å². The molecule has 6 nitrogen and oxygen atoms in total. The van der Waals surface area contributed by atoms with Crippen molar-refractivity contribution in [2.75, 3.05) is 20.2 Å². The van der Waals surface area contributed by atoms with Crippen molar-refractivity contribution in [1.82, 2.24) is 14.7 Å². The van der Waals surface area contributed by atoms with E-state index in [0.717, 1.165) is 34.9 Å². The van der Waals surface area contributed by atoms with E-state index in [-0.39, 0.29) is 5.91 Å². The number of ether oxygens (including phenoxy) is 2. The standard InChI is InChI=1S/C26H33N3O3/c1-6-24-23(17-18-25(30)28(7-2)8-3)26(32-22-13-9-19(4)10-14-22)29(27-24)20-11-15-21(31-5)16-12-20/h9-16H,6-8,17-18H2,1-5H3. The van der Waals surface area contributed by atoms with Gasteiger partial charge in [0.15, 0.2) is 0 Å². The number of aryl methyl sites for hydroxylation is 2. The zero-order valence-electron chi connectivity index (χ0n) is 19.7. The smallest absolute Gasteiger partial charge is 0.226 e. The summed E-state index contributed by atoms with van der Waals surface area (Å²) in [6.07, 6.45) is 1.76. The minimum atomic E-state index is 0.149. The molecule has 3 aromatic rings. The minimum absolute atomic E-state index is 0.149. The first kappa shape index (κ1) is 23.4. The maximum atomic E-state index is 12.7. The molecule has 1 amide bonds. The highest BCUT2D eigenvalue weighted by atomic mass is 16.5. The van der Waals surface area contributed by atoms with E-state index in [4.69, 9.17) is 14.6 Å². The second-order valence-electron chi connectivity index (χ2n) is 7.67. The molecule has 0 aliphatic carbocycles. The molecule has 0 spiro atoms. The van der Waals surface area contributed by atoms with Gasteiger partial charge in [0.05, 0.1) is 18.5 Å². The predicted octanol–water partition coefficient (Wildman–Crippen LogP) is 5.35. The van der Waals surface area contributed by atoms with Crippen molar-refractivity contribution in [3.63, 3.8) is 0 Å². The number of methoxy groups -OCH3 is 1. The van der Waals surface area contributed by atoms with E-state index in [2.05, 4.69) is 6.92 Å². The SMILES string of the molecule is CCc1nn(-c2ccc(OC)cc2)c(Oc2ccc(C)cc2)c1CCC(=O)N(CC)CC. The van der Waals surface area contributed by atoms with Crippen LogP contribution in [0.5, 0.6) is 17.4 Å². The summed E-state index contributed by atoms with van der Waals surface area (Å²) in [5.41, 5.74) is 3.96. The Labute approximate surface area is 190 Å². The van der Waals surface area contributed by atoms with Crippen LogP contribution in [0.15, 0.2) is 48.5 Å². The molecule has 0 saturated carbocycles. The Kier molecular flexibility index (Phi) is 7.92. The fraction of sp³-hybridized carbons (Fsp3) is 0.385. The van der Waals surface area contributed by atoms with Gasteiger partial charge in [-0.1, -0.05) is 24.6 Å². The second-order valence-corrected chi connectivity index (χ2v) is 7.67. The van der Waals surface area contributed by atoms with Crippen LogP contribution in [-0.4, -0.2) is 40.8 Å². The van der Waals surface area contributed by atoms with Gasteiger partial charge in [0, 0.05) is 25.1 Å². The average molecular weight is 436 g/mol. The highest BCUT2D eigenvalue weighted by Gasteiger charge is 2.22. The van der Waals surface area contributed by atoms with Crippen molar-refractivity contribution in [2.24, 2.45) is 0 Å². The summed E-state index contributed by atoms with van der Waals surface area (Å²) < 4.78 is 13.5. The van der Waals surface area contributed by atoms with Crippen molar-refractivity contribution in [3.8, 4) is 23.1 Å². The first-order chi connectivity index (χ1) is 15.5. The van der Waals surface area contributed by atoms with Crippen molar-refractivity contribution in [3.05, 3.63) is 65.4 Å². The molecule has 0 aliphatic heterocycles. The molecular formula is C26H33N3O3. The topological polar surface area (TPSA) is 56.6 Å². The zero-order valence-corrected chi connectivity index (χ0v) is 19.7. The maximum Gasteiger partial charge on any atom is 0.226 e. The third-order valence-corrected chi connectivity index (χ3v) is 5.61. The van der Waals surface area contributed by atoms with Crippen molar-refractivity contribution in [1.29, 1.82) is 0 Å². The van der Waals surface area contributed by atoms with Crippen LogP contribution in [0.25, 0.3) is 5.69 Å². The molecule has 2 aromatic carbocycles. The average Bonchev–Trinajstić information content (AvgIpc) is 3.17. The molecule has 0 aliphatic rings. The number of rotatable bonds is 10. The summed E-state index contributed by atoms with van der Waals surface area (Å²) in [6, 6.07) is 15.7. The van der Waals surface area contributed by atoms with Crippen LogP contribution in [0, 0.1) is 6.92 Å². The summed E-state index contributed by atoms with van der Waals surface area (Å²) >= 11 is 0. The van der Waals surface area contributed by atoms with E-state index in [0.29, 0.717) is 31.8 Å². The van der Waals surface area contributed by atoms with Crippen LogP contribution in [0.1, 0.15) is 44.0 Å². The van der Waals surface area contributed by atoms with Gasteiger partial charge in [0.1, 0.15) is 11.5 Å². The first-order valence-corrected chi connectivity index (χ1v) is 11.3. The third-order valence-electron chi connectivity index (χ3n) is 5.61. The molecule has 0 fully saturated rings. The molecule has 3 rings (SSSR count). The van der Waals surface area contributed by atoms with E-state index < -0.39 is 0 Å². The molecule has 6 heteroatoms. The summed E-state index contributed by atoms with van der Waals surface area (Å²) in [4.78, 5) is 14.5. The summed E-state index contributed by atoms with van der Waals surface area (Å²) in [5, 5.41) is 4.86. The van der Waals surface area contributed by atoms with Crippen LogP contribution in [0.3, 0.4) is 0 Å². The number of benzene rings is 2. The lowest BCUT2D eigenvalue weighted by molar-refractivity contribution is -0.130. The number of aromatic nitrogens is 2. The monoisotopic (exact) mass is 435 g/mol. The molecule has 0 radical (unpaired) electrons. The van der Waals surface area contributed by atoms with Gasteiger partial charge in [-0.3, -0.25) is 4.79 Å². The fourth-order valence-corrected chi connectivity index (χ4v) is 3.70. The van der Waals surface area contributed by atoms with E-state index in [1.54, 1.807) is 7.11 Å². The molecule has 1 aromatic heterocycles. The van der Waals surface area contributed by atoms with E-state index >= 15 is 0 Å². The number of hydrogen-bond acceptors (Lipinski definition) is 4. The Balaban J connectivity index is 2.01. The Bertz CT molecular complexity index is 1020. The Morgan fingerprint density at radius 3 is 2.16 bits per heavy atom. The van der Waals surface area contributed by atoms with Gasteiger partial charge in [-0.2, -0.15) is 5.10 Å². The second kappa shape index (κ2) is 10.8. The number of carbonyl (C=O) groups is 1. The Hall–Kier alpha value is -3.28. The largest absolute Gasteiger partial charge is 0.497 e. The highest BCUT2D eigenvalue weighted by molar-refractivity contribution is 5.76. The molecule has 0 unspecified atom stereocenters. The summed E-state index contributed by atoms with van der Waals surface area (Å²) in [6.45, 7) is 9.57. The van der Waals surface area contributed by atoms with E-state index in [9.17, 15) is 4.79 Å². The molecule has 0 bridgehead atoms. The van der Waals surface area contributed by atoms with Crippen LogP contribution >= 0.6 is 0 Å². The Morgan fingerprint density at radius 1 is 0.969 bits per heavy atom. The number of amides is 1. The predicted molar refractivity (Wildman–Crippen MR) is 127 cm³/mol. The fourth-order valence-electron chi connectivity index (χ4n) is 3.70. The van der Waals surface area contributed by atoms with Gasteiger partial charge >= 0.3 is 0 Å². The van der Waals surface area contributed by atoms with Gasteiger partial charge < -0.3 is 14.4 Å². The van der Waals surface area contributed by atoms with Crippen molar-refractivity contribution < 1.29 is 14.3 Å². The number of hydrogen-bond donors (Lipinski definition) is 0. The highest BCUT2D eigenvalue weighted by Crippen LogP contribution is 2.33. The summed E-state index contributed by atoms with van der Waals surface area (Å²) in [5.74, 6) is 2.32. The van der Waals surface area contributed by atoms with Crippen LogP contribution in [0.4, 0.5) is 0 Å². The molecule has 0 N–H and O–H groups in total. The number of nitrogens with zero attached hydrogens (tertiary/aromatic N) is 3. The lowest BCUT2D eigenvalue weighted by Crippen LogP contribution is -2.30. The van der Waals surface area contributed by atoms with E-state index in [1.807, 2.05) is 78.9 Å². The lowest BCUT2D eigenvalue weighted by Gasteiger charge is -2.18. The van der Waals surface area contributed by atoms with Gasteiger partial charge in [-0.05, 0) is 70.0 Å². The van der Waals surface area contributed by atoms with Gasteiger partial charge in [-0.15, -0.1) is 0 Å². The quantitative estimate of drug-likeness (QED) is 0.431. The zero-order chi connectivity index (χ0) is 23.1. The minimum Gasteiger partial charge on any atom is -0.497 e. The first-order valence-electron chi connectivity index (χ1n) is 11.3. The van der Waals surface area contributed by atoms with Gasteiger partial charge in [-0.25, -0.2) is 4.68 Å². The van der Waals surface area contributed by atoms with Crippen LogP contribution in [-0.2, 0) is 17.6 Å². The molecule has 170 valence electrons. The van der Waals surface area contributed by atoms with Crippen molar-refractivity contribution >= 4 is 5.91 Å². The molecule has 0 atom stereocenters.